The molecule has 2 atom stereocenters. The minimum Gasteiger partial charge on any atom is -0.511 e. The van der Waals surface area contributed by atoms with Gasteiger partial charge in [-0.2, -0.15) is 0 Å². The zero-order chi connectivity index (χ0) is 20.5. The number of Topliss-reactive ketones (excluding diaryl/α,β-unsaturated/α-hetero) is 1. The van der Waals surface area contributed by atoms with Gasteiger partial charge in [0.05, 0.1) is 16.7 Å². The number of aromatic hydroxyl groups is 2. The molecule has 144 valence electrons. The van der Waals surface area contributed by atoms with Crippen LogP contribution in [0.5, 0.6) is 11.5 Å². The van der Waals surface area contributed by atoms with Crippen molar-refractivity contribution in [3.05, 3.63) is 44.2 Å². The van der Waals surface area contributed by atoms with Crippen LogP contribution in [-0.4, -0.2) is 43.4 Å². The molecule has 0 spiro atoms. The lowest BCUT2D eigenvalue weighted by Gasteiger charge is -2.42. The minimum atomic E-state index is -2.41. The van der Waals surface area contributed by atoms with E-state index in [9.17, 15) is 30.0 Å². The molecule has 9 heteroatoms. The molecule has 4 rings (SSSR count). The van der Waals surface area contributed by atoms with Gasteiger partial charge in [-0.05, 0) is 52.8 Å². The van der Waals surface area contributed by atoms with Crippen molar-refractivity contribution in [1.82, 2.24) is 0 Å². The predicted molar refractivity (Wildman–Crippen MR) is 108 cm³/mol. The Morgan fingerprint density at radius 1 is 1.25 bits per heavy atom. The number of carbonyl (C=O) groups excluding carboxylic acids is 2. The number of rotatable bonds is 1. The molecule has 0 radical (unpaired) electrons. The molecule has 2 aliphatic carbocycles. The molecular formula is C19H15IN2O6. The average Bonchev–Trinajstić information content (AvgIpc) is 2.61. The van der Waals surface area contributed by atoms with Crippen LogP contribution in [0.15, 0.2) is 29.5 Å². The lowest BCUT2D eigenvalue weighted by atomic mass is 9.63. The molecule has 0 heterocycles. The van der Waals surface area contributed by atoms with Crippen molar-refractivity contribution in [3.63, 3.8) is 0 Å². The van der Waals surface area contributed by atoms with E-state index < -0.39 is 46.0 Å². The van der Waals surface area contributed by atoms with Crippen molar-refractivity contribution in [3.8, 4) is 11.5 Å². The number of ketones is 1. The maximum absolute atomic E-state index is 13.2. The number of phenols is 2. The number of allylic oxidation sites excluding steroid dienone is 1. The van der Waals surface area contributed by atoms with Crippen LogP contribution in [0.25, 0.3) is 10.8 Å². The average molecular weight is 494 g/mol. The number of aliphatic hydroxyl groups is 2. The summed E-state index contributed by atoms with van der Waals surface area (Å²) in [6.45, 7) is 0. The monoisotopic (exact) mass is 494 g/mol. The number of aliphatic hydroxyl groups excluding tert-OH is 1. The molecule has 0 aliphatic heterocycles. The summed E-state index contributed by atoms with van der Waals surface area (Å²) in [4.78, 5) is 24.9. The summed E-state index contributed by atoms with van der Waals surface area (Å²) in [6, 6.07) is 4.70. The summed E-state index contributed by atoms with van der Waals surface area (Å²) in [5.74, 6) is -4.15. The Kier molecular flexibility index (Phi) is 3.95. The van der Waals surface area contributed by atoms with Gasteiger partial charge in [-0.15, -0.1) is 0 Å². The molecular weight excluding hydrogens is 479 g/mol. The van der Waals surface area contributed by atoms with Crippen molar-refractivity contribution < 1.29 is 30.0 Å². The van der Waals surface area contributed by atoms with Crippen LogP contribution >= 0.6 is 22.6 Å². The molecule has 0 saturated heterocycles. The van der Waals surface area contributed by atoms with Gasteiger partial charge >= 0.3 is 0 Å². The van der Waals surface area contributed by atoms with Gasteiger partial charge in [-0.1, -0.05) is 0 Å². The lowest BCUT2D eigenvalue weighted by molar-refractivity contribution is -0.114. The van der Waals surface area contributed by atoms with Gasteiger partial charge in [-0.25, -0.2) is 0 Å². The highest BCUT2D eigenvalue weighted by Gasteiger charge is 2.57. The number of phenolic OH excluding ortho intramolecular Hbond substituents is 2. The van der Waals surface area contributed by atoms with Crippen LogP contribution in [0.4, 0.5) is 0 Å². The first-order chi connectivity index (χ1) is 13.1. The second-order valence-electron chi connectivity index (χ2n) is 7.01. The van der Waals surface area contributed by atoms with E-state index in [0.29, 0.717) is 10.9 Å². The van der Waals surface area contributed by atoms with Crippen LogP contribution < -0.4 is 5.73 Å². The lowest BCUT2D eigenvalue weighted by Crippen LogP contribution is -2.59. The van der Waals surface area contributed by atoms with E-state index in [1.807, 2.05) is 22.6 Å². The third kappa shape index (κ3) is 2.23. The summed E-state index contributed by atoms with van der Waals surface area (Å²) < 4.78 is 0.743. The quantitative estimate of drug-likeness (QED) is 0.330. The zero-order valence-electron chi connectivity index (χ0n) is 14.3. The van der Waals surface area contributed by atoms with Crippen molar-refractivity contribution in [2.24, 2.45) is 11.7 Å². The summed E-state index contributed by atoms with van der Waals surface area (Å²) in [5, 5.41) is 51.0. The van der Waals surface area contributed by atoms with Crippen molar-refractivity contribution in [1.29, 1.82) is 5.41 Å². The molecule has 0 bridgehead atoms. The van der Waals surface area contributed by atoms with Crippen LogP contribution in [0.3, 0.4) is 0 Å². The number of halogens is 1. The Bertz CT molecular complexity index is 1160. The fourth-order valence-corrected chi connectivity index (χ4v) is 4.78. The number of fused-ring (bicyclic) bond motifs is 3. The first-order valence-corrected chi connectivity index (χ1v) is 9.41. The second kappa shape index (κ2) is 5.92. The van der Waals surface area contributed by atoms with Crippen LogP contribution in [-0.2, 0) is 11.2 Å². The molecule has 2 aromatic rings. The van der Waals surface area contributed by atoms with Gasteiger partial charge in [0.2, 0.25) is 5.78 Å². The largest absolute Gasteiger partial charge is 0.511 e. The summed E-state index contributed by atoms with van der Waals surface area (Å²) in [7, 11) is 0. The van der Waals surface area contributed by atoms with E-state index in [-0.39, 0.29) is 29.5 Å². The summed E-state index contributed by atoms with van der Waals surface area (Å²) >= 11 is 2.04. The maximum atomic E-state index is 13.2. The molecule has 1 amide bonds. The number of nitrogens with two attached hydrogens (primary N) is 1. The summed E-state index contributed by atoms with van der Waals surface area (Å²) in [6.07, 6.45) is -0.135. The van der Waals surface area contributed by atoms with E-state index in [0.717, 1.165) is 3.57 Å². The summed E-state index contributed by atoms with van der Waals surface area (Å²) in [5.41, 5.74) is 1.64. The number of amides is 1. The van der Waals surface area contributed by atoms with Gasteiger partial charge in [0.15, 0.2) is 5.60 Å². The van der Waals surface area contributed by atoms with Crippen molar-refractivity contribution in [2.45, 2.75) is 18.4 Å². The van der Waals surface area contributed by atoms with Gasteiger partial charge in [0.25, 0.3) is 5.91 Å². The third-order valence-corrected chi connectivity index (χ3v) is 6.46. The topological polar surface area (TPSA) is 165 Å². The van der Waals surface area contributed by atoms with E-state index in [2.05, 4.69) is 0 Å². The molecule has 7 N–H and O–H groups in total. The van der Waals surface area contributed by atoms with Crippen molar-refractivity contribution in [2.75, 3.05) is 0 Å². The normalized spacial score (nSPS) is 24.3. The first kappa shape index (κ1) is 18.7. The number of nitrogens with one attached hydrogen (secondary N) is 1. The van der Waals surface area contributed by atoms with Crippen LogP contribution in [0, 0.1) is 14.9 Å². The highest BCUT2D eigenvalue weighted by atomic mass is 127. The molecule has 0 saturated carbocycles. The molecule has 8 nitrogen and oxygen atoms in total. The Morgan fingerprint density at radius 3 is 2.57 bits per heavy atom. The Labute approximate surface area is 171 Å². The Morgan fingerprint density at radius 2 is 1.93 bits per heavy atom. The Balaban J connectivity index is 2.00. The number of hydrogen-bond donors (Lipinski definition) is 6. The highest BCUT2D eigenvalue weighted by Crippen LogP contribution is 2.48. The highest BCUT2D eigenvalue weighted by molar-refractivity contribution is 14.1. The third-order valence-electron chi connectivity index (χ3n) is 5.52. The number of hydrogen-bond acceptors (Lipinski definition) is 7. The SMILES string of the molecule is N=C1C(C(N)=O)=C(O)C[C@@H]2Cc3cc4c(I)ccc(O)c4c(O)c3C(=O)[C@]12O. The molecule has 0 fully saturated rings. The first-order valence-electron chi connectivity index (χ1n) is 8.33. The number of carbonyl (C=O) groups is 2. The Hall–Kier alpha value is -2.66. The molecule has 28 heavy (non-hydrogen) atoms. The molecule has 2 aliphatic rings. The fraction of sp³-hybridized carbons (Fsp3) is 0.211. The molecule has 2 aromatic carbocycles. The van der Waals surface area contributed by atoms with Gasteiger partial charge < -0.3 is 31.6 Å². The number of benzene rings is 2. The number of primary amides is 1. The standard InChI is InChI=1S/C19H15IN2O6/c20-9-1-2-10(23)13-8(9)4-6-3-7-5-11(24)14(18(22)27)16(21)19(7,28)17(26)12(6)15(13)25/h1-2,4,7,21,23-25,28H,3,5H2,(H2,22,27)/t7-,19+/m0/s1. The van der Waals surface area contributed by atoms with Crippen LogP contribution in [0.2, 0.25) is 0 Å². The van der Waals surface area contributed by atoms with Gasteiger partial charge in [0.1, 0.15) is 22.8 Å². The molecule has 0 unspecified atom stereocenters. The smallest absolute Gasteiger partial charge is 0.254 e. The minimum absolute atomic E-state index is 0.0666. The van der Waals surface area contributed by atoms with E-state index >= 15 is 0 Å². The zero-order valence-corrected chi connectivity index (χ0v) is 16.4. The second-order valence-corrected chi connectivity index (χ2v) is 8.17. The van der Waals surface area contributed by atoms with E-state index in [4.69, 9.17) is 11.1 Å². The van der Waals surface area contributed by atoms with Crippen LogP contribution in [0.1, 0.15) is 22.3 Å². The van der Waals surface area contributed by atoms with Crippen molar-refractivity contribution >= 4 is 50.8 Å². The molecule has 0 aromatic heterocycles. The fourth-order valence-electron chi connectivity index (χ4n) is 4.17. The van der Waals surface area contributed by atoms with E-state index in [1.165, 1.54) is 6.07 Å². The van der Waals surface area contributed by atoms with Gasteiger partial charge in [0, 0.05) is 21.3 Å². The van der Waals surface area contributed by atoms with Gasteiger partial charge in [-0.3, -0.25) is 9.59 Å². The maximum Gasteiger partial charge on any atom is 0.254 e. The predicted octanol–water partition coefficient (Wildman–Crippen LogP) is 1.66. The van der Waals surface area contributed by atoms with E-state index in [1.54, 1.807) is 12.1 Å².